The Morgan fingerprint density at radius 1 is 1.42 bits per heavy atom. The van der Waals surface area contributed by atoms with Crippen molar-refractivity contribution in [3.05, 3.63) is 49.8 Å². The lowest BCUT2D eigenvalue weighted by Gasteiger charge is -2.07. The topological polar surface area (TPSA) is 79.0 Å². The van der Waals surface area contributed by atoms with Crippen LogP contribution in [0.4, 0.5) is 4.39 Å². The second-order valence-electron chi connectivity index (χ2n) is 3.55. The highest BCUT2D eigenvalue weighted by atomic mass is 35.5. The lowest BCUT2D eigenvalue weighted by Crippen LogP contribution is -2.24. The van der Waals surface area contributed by atoms with Gasteiger partial charge in [-0.2, -0.15) is 0 Å². The number of aromatic nitrogens is 1. The Labute approximate surface area is 117 Å². The number of hydrogen-bond donors (Lipinski definition) is 2. The van der Waals surface area contributed by atoms with Gasteiger partial charge in [-0.25, -0.2) is 17.5 Å². The van der Waals surface area contributed by atoms with Crippen LogP contribution in [0.15, 0.2) is 33.3 Å². The summed E-state index contributed by atoms with van der Waals surface area (Å²) in [6, 6.07) is 3.71. The van der Waals surface area contributed by atoms with Crippen LogP contribution < -0.4 is 9.60 Å². The fourth-order valence-corrected chi connectivity index (χ4v) is 3.26. The third kappa shape index (κ3) is 3.21. The Kier molecular flexibility index (Phi) is 4.04. The van der Waals surface area contributed by atoms with E-state index < -0.39 is 20.7 Å². The molecule has 0 amide bonds. The normalized spacial score (nSPS) is 11.7. The maximum atomic E-state index is 13.6. The van der Waals surface area contributed by atoms with Gasteiger partial charge in [0.15, 0.2) is 5.82 Å². The van der Waals surface area contributed by atoms with E-state index in [0.29, 0.717) is 5.69 Å². The quantitative estimate of drug-likeness (QED) is 0.899. The Morgan fingerprint density at radius 3 is 2.79 bits per heavy atom. The van der Waals surface area contributed by atoms with Crippen LogP contribution in [0.2, 0.25) is 5.02 Å². The number of H-pyrrole nitrogens is 1. The predicted octanol–water partition coefficient (Wildman–Crippen LogP) is 1.71. The molecular weight excluding hydrogens is 315 g/mol. The predicted molar refractivity (Wildman–Crippen MR) is 70.4 cm³/mol. The van der Waals surface area contributed by atoms with Crippen LogP contribution in [-0.4, -0.2) is 13.4 Å². The summed E-state index contributed by atoms with van der Waals surface area (Å²) in [5.41, 5.74) is 0.404. The molecule has 2 rings (SSSR count). The number of aromatic amines is 1. The fourth-order valence-electron chi connectivity index (χ4n) is 1.34. The van der Waals surface area contributed by atoms with Crippen molar-refractivity contribution in [3.8, 4) is 0 Å². The van der Waals surface area contributed by atoms with Gasteiger partial charge in [-0.05, 0) is 12.1 Å². The molecule has 1 heterocycles. The highest BCUT2D eigenvalue weighted by molar-refractivity contribution is 7.89. The molecule has 0 unspecified atom stereocenters. The molecule has 2 aromatic rings. The van der Waals surface area contributed by atoms with Crippen molar-refractivity contribution in [2.75, 3.05) is 0 Å². The van der Waals surface area contributed by atoms with Crippen molar-refractivity contribution < 1.29 is 12.8 Å². The summed E-state index contributed by atoms with van der Waals surface area (Å²) in [4.78, 5) is 12.5. The van der Waals surface area contributed by atoms with Crippen LogP contribution in [0.1, 0.15) is 5.69 Å². The first-order valence-corrected chi connectivity index (χ1v) is 7.74. The van der Waals surface area contributed by atoms with Gasteiger partial charge in [0.2, 0.25) is 10.0 Å². The first-order chi connectivity index (χ1) is 8.90. The molecule has 1 aromatic carbocycles. The van der Waals surface area contributed by atoms with Crippen molar-refractivity contribution in [2.24, 2.45) is 0 Å². The van der Waals surface area contributed by atoms with Crippen LogP contribution in [0.5, 0.6) is 0 Å². The zero-order valence-corrected chi connectivity index (χ0v) is 11.7. The average molecular weight is 323 g/mol. The summed E-state index contributed by atoms with van der Waals surface area (Å²) >= 11 is 6.44. The molecule has 102 valence electrons. The van der Waals surface area contributed by atoms with Crippen molar-refractivity contribution in [2.45, 2.75) is 11.4 Å². The lowest BCUT2D eigenvalue weighted by molar-refractivity contribution is 0.556. The van der Waals surface area contributed by atoms with E-state index in [9.17, 15) is 17.6 Å². The van der Waals surface area contributed by atoms with Gasteiger partial charge >= 0.3 is 4.87 Å². The molecule has 0 saturated heterocycles. The minimum absolute atomic E-state index is 0.132. The number of rotatable bonds is 4. The first-order valence-electron chi connectivity index (χ1n) is 5.00. The molecule has 0 saturated carbocycles. The van der Waals surface area contributed by atoms with Crippen molar-refractivity contribution in [3.63, 3.8) is 0 Å². The Morgan fingerprint density at radius 2 is 2.16 bits per heavy atom. The largest absolute Gasteiger partial charge is 0.315 e. The monoisotopic (exact) mass is 322 g/mol. The van der Waals surface area contributed by atoms with Gasteiger partial charge in [-0.3, -0.25) is 4.79 Å². The minimum Gasteiger partial charge on any atom is -0.315 e. The van der Waals surface area contributed by atoms with Gasteiger partial charge in [-0.1, -0.05) is 29.0 Å². The molecule has 0 radical (unpaired) electrons. The van der Waals surface area contributed by atoms with Gasteiger partial charge in [0.25, 0.3) is 0 Å². The highest BCUT2D eigenvalue weighted by Crippen LogP contribution is 2.21. The maximum Gasteiger partial charge on any atom is 0.304 e. The Balaban J connectivity index is 2.23. The summed E-state index contributed by atoms with van der Waals surface area (Å²) < 4.78 is 39.6. The maximum absolute atomic E-state index is 13.6. The highest BCUT2D eigenvalue weighted by Gasteiger charge is 2.20. The van der Waals surface area contributed by atoms with E-state index in [1.54, 1.807) is 0 Å². The van der Waals surface area contributed by atoms with Gasteiger partial charge in [-0.15, -0.1) is 0 Å². The van der Waals surface area contributed by atoms with Crippen LogP contribution >= 0.6 is 22.9 Å². The van der Waals surface area contributed by atoms with E-state index in [1.165, 1.54) is 17.5 Å². The zero-order valence-electron chi connectivity index (χ0n) is 9.31. The summed E-state index contributed by atoms with van der Waals surface area (Å²) in [7, 11) is -4.03. The molecule has 0 aliphatic carbocycles. The number of halogens is 2. The van der Waals surface area contributed by atoms with E-state index in [0.717, 1.165) is 17.4 Å². The van der Waals surface area contributed by atoms with Crippen LogP contribution in [0.25, 0.3) is 0 Å². The molecular formula is C10H8ClFN2O3S2. The van der Waals surface area contributed by atoms with Gasteiger partial charge < -0.3 is 4.98 Å². The molecule has 9 heteroatoms. The number of nitrogens with one attached hydrogen (secondary N) is 2. The zero-order chi connectivity index (χ0) is 14.0. The standard InChI is InChI=1S/C10H8ClFN2O3S2/c11-7-2-1-3-8(9(7)12)19(16,17)13-4-6-5-18-10(15)14-6/h1-3,5,13H,4H2,(H,14,15). The number of hydrogen-bond acceptors (Lipinski definition) is 4. The molecule has 0 atom stereocenters. The second kappa shape index (κ2) is 5.41. The molecule has 19 heavy (non-hydrogen) atoms. The third-order valence-electron chi connectivity index (χ3n) is 2.23. The van der Waals surface area contributed by atoms with E-state index in [4.69, 9.17) is 11.6 Å². The summed E-state index contributed by atoms with van der Waals surface area (Å²) in [6.45, 7) is -0.132. The van der Waals surface area contributed by atoms with Crippen LogP contribution in [0.3, 0.4) is 0 Å². The van der Waals surface area contributed by atoms with Gasteiger partial charge in [0.05, 0.1) is 11.6 Å². The number of thiazole rings is 1. The molecule has 1 aromatic heterocycles. The Bertz CT molecular complexity index is 754. The van der Waals surface area contributed by atoms with E-state index in [2.05, 4.69) is 9.71 Å². The van der Waals surface area contributed by atoms with E-state index in [-0.39, 0.29) is 16.4 Å². The van der Waals surface area contributed by atoms with Crippen LogP contribution in [0, 0.1) is 5.82 Å². The van der Waals surface area contributed by atoms with Crippen molar-refractivity contribution in [1.29, 1.82) is 0 Å². The molecule has 0 aliphatic heterocycles. The van der Waals surface area contributed by atoms with Gasteiger partial charge in [0.1, 0.15) is 4.90 Å². The lowest BCUT2D eigenvalue weighted by atomic mass is 10.3. The van der Waals surface area contributed by atoms with Gasteiger partial charge in [0, 0.05) is 11.1 Å². The van der Waals surface area contributed by atoms with Crippen LogP contribution in [-0.2, 0) is 16.6 Å². The summed E-state index contributed by atoms with van der Waals surface area (Å²) in [5, 5.41) is 1.21. The van der Waals surface area contributed by atoms with E-state index in [1.807, 2.05) is 0 Å². The fraction of sp³-hybridized carbons (Fsp3) is 0.100. The second-order valence-corrected chi connectivity index (χ2v) is 6.53. The number of benzene rings is 1. The molecule has 5 nitrogen and oxygen atoms in total. The van der Waals surface area contributed by atoms with E-state index >= 15 is 0 Å². The molecule has 0 fully saturated rings. The first kappa shape index (κ1) is 14.2. The molecule has 0 aliphatic rings. The SMILES string of the molecule is O=c1[nH]c(CNS(=O)(=O)c2cccc(Cl)c2F)cs1. The molecule has 0 bridgehead atoms. The smallest absolute Gasteiger partial charge is 0.304 e. The summed E-state index contributed by atoms with van der Waals surface area (Å²) in [5.74, 6) is -1.00. The van der Waals surface area contributed by atoms with Crippen molar-refractivity contribution in [1.82, 2.24) is 9.71 Å². The third-order valence-corrected chi connectivity index (χ3v) is 4.66. The average Bonchev–Trinajstić information content (AvgIpc) is 2.76. The number of sulfonamides is 1. The summed E-state index contributed by atoms with van der Waals surface area (Å²) in [6.07, 6.45) is 0. The molecule has 2 N–H and O–H groups in total. The Hall–Kier alpha value is -1.22. The molecule has 0 spiro atoms. The minimum atomic E-state index is -4.03. The van der Waals surface area contributed by atoms with Crippen molar-refractivity contribution >= 4 is 33.0 Å².